The van der Waals surface area contributed by atoms with Gasteiger partial charge < -0.3 is 15.0 Å². The fourth-order valence-electron chi connectivity index (χ4n) is 5.12. The van der Waals surface area contributed by atoms with Gasteiger partial charge in [0.05, 0.1) is 11.7 Å². The number of thiophene rings is 1. The first-order valence-electron chi connectivity index (χ1n) is 13.2. The number of aryl methyl sites for hydroxylation is 1. The number of fused-ring (bicyclic) bond motifs is 1. The van der Waals surface area contributed by atoms with Gasteiger partial charge in [0.25, 0.3) is 15.9 Å². The second-order valence-corrected chi connectivity index (χ2v) is 12.7. The number of carbonyl (C=O) groups is 3. The Labute approximate surface area is 237 Å². The molecule has 40 heavy (non-hydrogen) atoms. The molecule has 0 spiro atoms. The molecule has 210 valence electrons. The Morgan fingerprint density at radius 1 is 1.12 bits per heavy atom. The molecule has 1 aromatic heterocycles. The van der Waals surface area contributed by atoms with Crippen molar-refractivity contribution in [1.82, 2.24) is 14.5 Å². The first-order chi connectivity index (χ1) is 19.3. The third-order valence-corrected chi connectivity index (χ3v) is 10.0. The topological polar surface area (TPSA) is 113 Å². The number of nitrogens with one attached hydrogen (secondary N) is 1. The SMILES string of the molecule is Cc1ccccc1CCN(C(=O)CN1C(=O)c2ccccc2S1(=O)=O)[C@@H](C(=O)NC[C@@H]1CCCO1)c1cccs1. The predicted octanol–water partition coefficient (Wildman–Crippen LogP) is 3.31. The normalized spacial score (nSPS) is 18.4. The van der Waals surface area contributed by atoms with E-state index in [1.807, 2.05) is 36.6 Å². The lowest BCUT2D eigenvalue weighted by molar-refractivity contribution is -0.140. The number of amides is 3. The third-order valence-electron chi connectivity index (χ3n) is 7.30. The fraction of sp³-hybridized carbons (Fsp3) is 0.345. The van der Waals surface area contributed by atoms with Crippen LogP contribution in [0.2, 0.25) is 0 Å². The van der Waals surface area contributed by atoms with Crippen LogP contribution in [0.1, 0.15) is 45.2 Å². The van der Waals surface area contributed by atoms with E-state index in [0.29, 0.717) is 28.8 Å². The molecule has 3 aromatic rings. The van der Waals surface area contributed by atoms with E-state index in [-0.39, 0.29) is 29.0 Å². The van der Waals surface area contributed by atoms with E-state index in [1.54, 1.807) is 18.2 Å². The zero-order valence-corrected chi connectivity index (χ0v) is 23.7. The van der Waals surface area contributed by atoms with Crippen LogP contribution in [-0.2, 0) is 30.8 Å². The van der Waals surface area contributed by atoms with Crippen molar-refractivity contribution in [2.24, 2.45) is 0 Å². The molecular formula is C29H31N3O6S2. The second-order valence-electron chi connectivity index (χ2n) is 9.87. The van der Waals surface area contributed by atoms with Gasteiger partial charge >= 0.3 is 0 Å². The van der Waals surface area contributed by atoms with Crippen LogP contribution in [0, 0.1) is 6.92 Å². The Balaban J connectivity index is 1.45. The number of rotatable bonds is 10. The van der Waals surface area contributed by atoms with E-state index in [9.17, 15) is 22.8 Å². The molecule has 3 heterocycles. The average Bonchev–Trinajstić information content (AvgIpc) is 3.70. The van der Waals surface area contributed by atoms with Crippen molar-refractivity contribution in [1.29, 1.82) is 0 Å². The number of benzene rings is 2. The quantitative estimate of drug-likeness (QED) is 0.393. The van der Waals surface area contributed by atoms with Gasteiger partial charge in [0.1, 0.15) is 17.5 Å². The van der Waals surface area contributed by atoms with Gasteiger partial charge in [0, 0.05) is 24.6 Å². The average molecular weight is 582 g/mol. The predicted molar refractivity (Wildman–Crippen MR) is 150 cm³/mol. The lowest BCUT2D eigenvalue weighted by atomic mass is 10.0. The van der Waals surface area contributed by atoms with Crippen LogP contribution in [0.4, 0.5) is 0 Å². The van der Waals surface area contributed by atoms with E-state index in [2.05, 4.69) is 5.32 Å². The highest BCUT2D eigenvalue weighted by Crippen LogP contribution is 2.31. The Morgan fingerprint density at radius 3 is 2.60 bits per heavy atom. The Morgan fingerprint density at radius 2 is 1.90 bits per heavy atom. The van der Waals surface area contributed by atoms with E-state index >= 15 is 0 Å². The van der Waals surface area contributed by atoms with E-state index in [1.165, 1.54) is 34.4 Å². The summed E-state index contributed by atoms with van der Waals surface area (Å²) in [4.78, 5) is 42.6. The molecule has 0 aliphatic carbocycles. The monoisotopic (exact) mass is 581 g/mol. The van der Waals surface area contributed by atoms with Crippen molar-refractivity contribution in [2.45, 2.75) is 43.2 Å². The maximum Gasteiger partial charge on any atom is 0.269 e. The van der Waals surface area contributed by atoms with Gasteiger partial charge in [-0.15, -0.1) is 11.3 Å². The first-order valence-corrected chi connectivity index (χ1v) is 15.5. The lowest BCUT2D eigenvalue weighted by Crippen LogP contribution is -2.49. The molecule has 2 aromatic carbocycles. The molecule has 9 nitrogen and oxygen atoms in total. The summed E-state index contributed by atoms with van der Waals surface area (Å²) in [5.41, 5.74) is 2.08. The summed E-state index contributed by atoms with van der Waals surface area (Å²) < 4.78 is 32.7. The van der Waals surface area contributed by atoms with Crippen molar-refractivity contribution in [3.63, 3.8) is 0 Å². The molecule has 1 N–H and O–H groups in total. The minimum atomic E-state index is -4.20. The number of ether oxygens (including phenoxy) is 1. The van der Waals surface area contributed by atoms with Gasteiger partial charge in [-0.25, -0.2) is 12.7 Å². The van der Waals surface area contributed by atoms with E-state index < -0.39 is 34.4 Å². The number of nitrogens with zero attached hydrogens (tertiary/aromatic N) is 2. The van der Waals surface area contributed by atoms with E-state index in [0.717, 1.165) is 24.0 Å². The van der Waals surface area contributed by atoms with Crippen LogP contribution in [0.5, 0.6) is 0 Å². The highest BCUT2D eigenvalue weighted by atomic mass is 32.2. The lowest BCUT2D eigenvalue weighted by Gasteiger charge is -2.32. The minimum absolute atomic E-state index is 0.0332. The van der Waals surface area contributed by atoms with Crippen LogP contribution >= 0.6 is 11.3 Å². The molecule has 1 saturated heterocycles. The Bertz CT molecular complexity index is 1500. The summed E-state index contributed by atoms with van der Waals surface area (Å²) in [5.74, 6) is -1.77. The van der Waals surface area contributed by atoms with Crippen LogP contribution in [0.15, 0.2) is 70.9 Å². The van der Waals surface area contributed by atoms with Gasteiger partial charge in [-0.3, -0.25) is 14.4 Å². The molecule has 5 rings (SSSR count). The molecule has 2 aliphatic rings. The number of sulfonamides is 1. The summed E-state index contributed by atoms with van der Waals surface area (Å²) in [5, 5.41) is 4.76. The van der Waals surface area contributed by atoms with Crippen molar-refractivity contribution in [2.75, 3.05) is 26.2 Å². The van der Waals surface area contributed by atoms with Crippen molar-refractivity contribution >= 4 is 39.1 Å². The summed E-state index contributed by atoms with van der Waals surface area (Å²) in [6.45, 7) is 2.38. The van der Waals surface area contributed by atoms with Crippen LogP contribution < -0.4 is 5.32 Å². The van der Waals surface area contributed by atoms with Gasteiger partial charge in [-0.2, -0.15) is 0 Å². The van der Waals surface area contributed by atoms with Gasteiger partial charge in [0.15, 0.2) is 0 Å². The van der Waals surface area contributed by atoms with E-state index in [4.69, 9.17) is 4.74 Å². The number of hydrogen-bond acceptors (Lipinski definition) is 7. The maximum atomic E-state index is 14.0. The van der Waals surface area contributed by atoms with Crippen molar-refractivity contribution in [3.05, 3.63) is 87.6 Å². The van der Waals surface area contributed by atoms with Crippen LogP contribution in [0.25, 0.3) is 0 Å². The zero-order valence-electron chi connectivity index (χ0n) is 22.1. The molecule has 11 heteroatoms. The smallest absolute Gasteiger partial charge is 0.269 e. The number of hydrogen-bond donors (Lipinski definition) is 1. The van der Waals surface area contributed by atoms with Crippen LogP contribution in [-0.4, -0.2) is 67.7 Å². The molecule has 0 unspecified atom stereocenters. The summed E-state index contributed by atoms with van der Waals surface area (Å²) in [6, 6.07) is 16.3. The maximum absolute atomic E-state index is 14.0. The largest absolute Gasteiger partial charge is 0.376 e. The highest BCUT2D eigenvalue weighted by molar-refractivity contribution is 7.90. The second kappa shape index (κ2) is 11.9. The summed E-state index contributed by atoms with van der Waals surface area (Å²) in [6.07, 6.45) is 2.13. The summed E-state index contributed by atoms with van der Waals surface area (Å²) >= 11 is 1.34. The highest BCUT2D eigenvalue weighted by Gasteiger charge is 2.43. The first kappa shape index (κ1) is 28.0. The fourth-order valence-corrected chi connectivity index (χ4v) is 7.47. The molecule has 0 bridgehead atoms. The molecule has 0 radical (unpaired) electrons. The molecule has 0 saturated carbocycles. The van der Waals surface area contributed by atoms with Crippen molar-refractivity contribution < 1.29 is 27.5 Å². The van der Waals surface area contributed by atoms with Crippen molar-refractivity contribution in [3.8, 4) is 0 Å². The molecule has 2 aliphatic heterocycles. The Hall–Kier alpha value is -3.54. The van der Waals surface area contributed by atoms with Gasteiger partial charge in [-0.05, 0) is 60.9 Å². The zero-order chi connectivity index (χ0) is 28.3. The molecular weight excluding hydrogens is 550 g/mol. The minimum Gasteiger partial charge on any atom is -0.376 e. The third kappa shape index (κ3) is 5.67. The van der Waals surface area contributed by atoms with Gasteiger partial charge in [0.2, 0.25) is 11.8 Å². The van der Waals surface area contributed by atoms with Gasteiger partial charge in [-0.1, -0.05) is 42.5 Å². The van der Waals surface area contributed by atoms with Crippen LogP contribution in [0.3, 0.4) is 0 Å². The summed E-state index contributed by atoms with van der Waals surface area (Å²) in [7, 11) is -4.20. The number of carbonyl (C=O) groups excluding carboxylic acids is 3. The Kier molecular flexibility index (Phi) is 8.34. The molecule has 2 atom stereocenters. The molecule has 1 fully saturated rings. The molecule has 3 amide bonds. The standard InChI is InChI=1S/C29H31N3O6S2/c1-20-8-2-3-9-21(20)14-15-31(26(33)19-32-29(35)23-11-4-5-13-25(23)40(32,36)37)27(24-12-7-17-39-24)28(34)30-18-22-10-6-16-38-22/h2-5,7-9,11-13,17,22,27H,6,10,14-16,18-19H2,1H3,(H,30,34)/t22-,27+/m0/s1.